The number of hydrogen-bond acceptors (Lipinski definition) is 3. The minimum atomic E-state index is -0.561. The second-order valence-corrected chi connectivity index (χ2v) is 4.63. The van der Waals surface area contributed by atoms with E-state index in [2.05, 4.69) is 10.6 Å². The summed E-state index contributed by atoms with van der Waals surface area (Å²) in [4.78, 5) is 23.3. The highest BCUT2D eigenvalue weighted by Crippen LogP contribution is 2.15. The third kappa shape index (κ3) is 5.30. The number of amides is 2. The van der Waals surface area contributed by atoms with E-state index in [1.807, 2.05) is 32.0 Å². The average molecular weight is 278 g/mol. The molecule has 0 bridgehead atoms. The molecule has 0 aliphatic heterocycles. The molecule has 0 fully saturated rings. The Morgan fingerprint density at radius 1 is 1.30 bits per heavy atom. The zero-order chi connectivity index (χ0) is 15.0. The van der Waals surface area contributed by atoms with Crippen LogP contribution >= 0.6 is 0 Å². The molecule has 110 valence electrons. The number of carbonyl (C=O) groups excluding carboxylic acids is 2. The van der Waals surface area contributed by atoms with Crippen LogP contribution in [0.2, 0.25) is 0 Å². The number of carbonyl (C=O) groups is 2. The van der Waals surface area contributed by atoms with Crippen LogP contribution in [0.1, 0.15) is 25.8 Å². The molecular formula is C15H22N2O3. The van der Waals surface area contributed by atoms with E-state index in [1.165, 1.54) is 0 Å². The summed E-state index contributed by atoms with van der Waals surface area (Å²) in [6.07, 6.45) is 0.864. The van der Waals surface area contributed by atoms with E-state index < -0.39 is 6.04 Å². The van der Waals surface area contributed by atoms with Crippen LogP contribution in [0.5, 0.6) is 5.75 Å². The molecule has 0 spiro atoms. The van der Waals surface area contributed by atoms with Gasteiger partial charge >= 0.3 is 0 Å². The number of ether oxygens (including phenoxy) is 1. The molecule has 2 N–H and O–H groups in total. The Kier molecular flexibility index (Phi) is 6.56. The number of aryl methyl sites for hydroxylation is 1. The van der Waals surface area contributed by atoms with Gasteiger partial charge in [0.2, 0.25) is 5.91 Å². The van der Waals surface area contributed by atoms with Crippen molar-refractivity contribution in [2.45, 2.75) is 33.2 Å². The Bertz CT molecular complexity index is 460. The van der Waals surface area contributed by atoms with E-state index in [1.54, 1.807) is 13.0 Å². The molecule has 1 unspecified atom stereocenters. The van der Waals surface area contributed by atoms with E-state index in [0.29, 0.717) is 12.3 Å². The smallest absolute Gasteiger partial charge is 0.258 e. The normalized spacial score (nSPS) is 11.6. The van der Waals surface area contributed by atoms with Crippen LogP contribution in [0.3, 0.4) is 0 Å². The molecule has 5 nitrogen and oxygen atoms in total. The monoisotopic (exact) mass is 278 g/mol. The van der Waals surface area contributed by atoms with E-state index in [-0.39, 0.29) is 18.4 Å². The topological polar surface area (TPSA) is 67.4 Å². The fraction of sp³-hybridized carbons (Fsp3) is 0.467. The molecule has 0 heterocycles. The highest BCUT2D eigenvalue weighted by molar-refractivity contribution is 5.87. The standard InChI is InChI=1S/C15H22N2O3/c1-4-9-16-15(19)12(3)17-14(18)10-20-13-8-6-5-7-11(13)2/h5-8,12H,4,9-10H2,1-3H3,(H,16,19)(H,17,18). The van der Waals surface area contributed by atoms with Crippen molar-refractivity contribution in [2.75, 3.05) is 13.2 Å². The molecule has 1 atom stereocenters. The quantitative estimate of drug-likeness (QED) is 0.792. The first-order valence-electron chi connectivity index (χ1n) is 6.80. The summed E-state index contributed by atoms with van der Waals surface area (Å²) in [6, 6.07) is 6.91. The zero-order valence-corrected chi connectivity index (χ0v) is 12.2. The SMILES string of the molecule is CCCNC(=O)C(C)NC(=O)COc1ccccc1C. The van der Waals surface area contributed by atoms with E-state index in [4.69, 9.17) is 4.74 Å². The second kappa shape index (κ2) is 8.19. The minimum Gasteiger partial charge on any atom is -0.484 e. The van der Waals surface area contributed by atoms with Crippen molar-refractivity contribution in [3.63, 3.8) is 0 Å². The Balaban J connectivity index is 2.37. The third-order valence-corrected chi connectivity index (χ3v) is 2.77. The maximum Gasteiger partial charge on any atom is 0.258 e. The Morgan fingerprint density at radius 3 is 2.65 bits per heavy atom. The lowest BCUT2D eigenvalue weighted by Gasteiger charge is -2.14. The highest BCUT2D eigenvalue weighted by Gasteiger charge is 2.15. The van der Waals surface area contributed by atoms with Crippen LogP contribution in [0.25, 0.3) is 0 Å². The number of para-hydroxylation sites is 1. The summed E-state index contributed by atoms with van der Waals surface area (Å²) < 4.78 is 5.42. The van der Waals surface area contributed by atoms with Gasteiger partial charge in [-0.3, -0.25) is 9.59 Å². The number of hydrogen-bond donors (Lipinski definition) is 2. The number of nitrogens with one attached hydrogen (secondary N) is 2. The van der Waals surface area contributed by atoms with Crippen LogP contribution in [0.15, 0.2) is 24.3 Å². The zero-order valence-electron chi connectivity index (χ0n) is 12.2. The number of benzene rings is 1. The van der Waals surface area contributed by atoms with Crippen LogP contribution < -0.4 is 15.4 Å². The van der Waals surface area contributed by atoms with Crippen LogP contribution in [-0.2, 0) is 9.59 Å². The molecule has 2 amide bonds. The predicted octanol–water partition coefficient (Wildman–Crippen LogP) is 1.40. The maximum atomic E-state index is 11.7. The Hall–Kier alpha value is -2.04. The van der Waals surface area contributed by atoms with E-state index in [9.17, 15) is 9.59 Å². The lowest BCUT2D eigenvalue weighted by Crippen LogP contribution is -2.46. The fourth-order valence-electron chi connectivity index (χ4n) is 1.61. The van der Waals surface area contributed by atoms with Gasteiger partial charge in [0.25, 0.3) is 5.91 Å². The van der Waals surface area contributed by atoms with Gasteiger partial charge < -0.3 is 15.4 Å². The third-order valence-electron chi connectivity index (χ3n) is 2.77. The van der Waals surface area contributed by atoms with Crippen molar-refractivity contribution in [3.8, 4) is 5.75 Å². The molecule has 1 aromatic carbocycles. The lowest BCUT2D eigenvalue weighted by molar-refractivity contribution is -0.129. The van der Waals surface area contributed by atoms with Crippen molar-refractivity contribution in [3.05, 3.63) is 29.8 Å². The molecule has 0 aliphatic rings. The molecule has 1 aromatic rings. The molecular weight excluding hydrogens is 256 g/mol. The van der Waals surface area contributed by atoms with Gasteiger partial charge in [0.05, 0.1) is 0 Å². The summed E-state index contributed by atoms with van der Waals surface area (Å²) in [7, 11) is 0. The van der Waals surface area contributed by atoms with Crippen molar-refractivity contribution in [1.82, 2.24) is 10.6 Å². The van der Waals surface area contributed by atoms with Gasteiger partial charge in [-0.05, 0) is 31.9 Å². The average Bonchev–Trinajstić information content (AvgIpc) is 2.43. The summed E-state index contributed by atoms with van der Waals surface area (Å²) in [5.41, 5.74) is 0.967. The van der Waals surface area contributed by atoms with Gasteiger partial charge in [-0.15, -0.1) is 0 Å². The van der Waals surface area contributed by atoms with Gasteiger partial charge in [-0.2, -0.15) is 0 Å². The van der Waals surface area contributed by atoms with Gasteiger partial charge in [-0.25, -0.2) is 0 Å². The Labute approximate surface area is 119 Å². The van der Waals surface area contributed by atoms with Crippen LogP contribution in [0.4, 0.5) is 0 Å². The summed E-state index contributed by atoms with van der Waals surface area (Å²) in [5.74, 6) is 0.175. The van der Waals surface area contributed by atoms with Gasteiger partial charge in [-0.1, -0.05) is 25.1 Å². The minimum absolute atomic E-state index is 0.101. The molecule has 0 aliphatic carbocycles. The van der Waals surface area contributed by atoms with E-state index in [0.717, 1.165) is 12.0 Å². The lowest BCUT2D eigenvalue weighted by atomic mass is 10.2. The maximum absolute atomic E-state index is 11.7. The molecule has 20 heavy (non-hydrogen) atoms. The summed E-state index contributed by atoms with van der Waals surface area (Å²) in [6.45, 7) is 6.04. The Morgan fingerprint density at radius 2 is 2.00 bits per heavy atom. The van der Waals surface area contributed by atoms with Crippen molar-refractivity contribution >= 4 is 11.8 Å². The second-order valence-electron chi connectivity index (χ2n) is 4.63. The predicted molar refractivity (Wildman–Crippen MR) is 77.6 cm³/mol. The first kappa shape index (κ1) is 16.0. The van der Waals surface area contributed by atoms with Crippen molar-refractivity contribution in [1.29, 1.82) is 0 Å². The van der Waals surface area contributed by atoms with Gasteiger partial charge in [0.15, 0.2) is 6.61 Å². The molecule has 5 heteroatoms. The number of rotatable bonds is 7. The summed E-state index contributed by atoms with van der Waals surface area (Å²) >= 11 is 0. The van der Waals surface area contributed by atoms with Crippen LogP contribution in [-0.4, -0.2) is 31.0 Å². The van der Waals surface area contributed by atoms with Gasteiger partial charge in [0.1, 0.15) is 11.8 Å². The molecule has 0 aromatic heterocycles. The first-order chi connectivity index (χ1) is 9.54. The highest BCUT2D eigenvalue weighted by atomic mass is 16.5. The van der Waals surface area contributed by atoms with Crippen molar-refractivity contribution < 1.29 is 14.3 Å². The fourth-order valence-corrected chi connectivity index (χ4v) is 1.61. The molecule has 0 radical (unpaired) electrons. The molecule has 1 rings (SSSR count). The molecule has 0 saturated carbocycles. The summed E-state index contributed by atoms with van der Waals surface area (Å²) in [5, 5.41) is 5.33. The van der Waals surface area contributed by atoms with Gasteiger partial charge in [0, 0.05) is 6.54 Å². The largest absolute Gasteiger partial charge is 0.484 e. The molecule has 0 saturated heterocycles. The van der Waals surface area contributed by atoms with Crippen LogP contribution in [0, 0.1) is 6.92 Å². The first-order valence-corrected chi connectivity index (χ1v) is 6.80. The van der Waals surface area contributed by atoms with Crippen molar-refractivity contribution in [2.24, 2.45) is 0 Å². The van der Waals surface area contributed by atoms with E-state index >= 15 is 0 Å².